The molecule has 0 aromatic carbocycles. The van der Waals surface area contributed by atoms with Gasteiger partial charge < -0.3 is 10.2 Å². The van der Waals surface area contributed by atoms with Gasteiger partial charge in [0.1, 0.15) is 0 Å². The third kappa shape index (κ3) is 2.05. The number of fused-ring (bicyclic) bond motifs is 8. The Bertz CT molecular complexity index is 1030. The van der Waals surface area contributed by atoms with E-state index >= 15 is 0 Å². The SMILES string of the molecule is CC1=C2CC(CC1C1(C3C(C)=C4CC(C4(C)C)C3(O)O)CC3CC(=C1C)C3(C)C)C2(C)C. The number of aliphatic hydroxyl groups is 2. The highest BCUT2D eigenvalue weighted by Gasteiger charge is 2.71. The summed E-state index contributed by atoms with van der Waals surface area (Å²) >= 11 is 0. The summed E-state index contributed by atoms with van der Waals surface area (Å²) in [5, 5.41) is 24.0. The second-order valence-electron chi connectivity index (χ2n) is 14.4. The molecule has 9 rings (SSSR count). The molecule has 3 fully saturated rings. The monoisotopic (exact) mass is 436 g/mol. The number of allylic oxidation sites excluding steroid dienone is 5. The van der Waals surface area contributed by atoms with Crippen molar-refractivity contribution in [1.82, 2.24) is 0 Å². The van der Waals surface area contributed by atoms with Gasteiger partial charge in [0.05, 0.1) is 0 Å². The summed E-state index contributed by atoms with van der Waals surface area (Å²) in [5.41, 5.74) is 9.58. The van der Waals surface area contributed by atoms with Crippen molar-refractivity contribution in [3.05, 3.63) is 33.4 Å². The Labute approximate surface area is 195 Å². The van der Waals surface area contributed by atoms with Crippen molar-refractivity contribution in [3.63, 3.8) is 0 Å². The van der Waals surface area contributed by atoms with Crippen molar-refractivity contribution in [2.24, 2.45) is 51.2 Å². The quantitative estimate of drug-likeness (QED) is 0.369. The molecule has 0 amide bonds. The zero-order valence-corrected chi connectivity index (χ0v) is 21.8. The molecule has 0 spiro atoms. The fourth-order valence-electron chi connectivity index (χ4n) is 10.4. The highest BCUT2D eigenvalue weighted by molar-refractivity contribution is 5.49. The molecular formula is C30H44O2. The van der Waals surface area contributed by atoms with Gasteiger partial charge in [-0.25, -0.2) is 0 Å². The smallest absolute Gasteiger partial charge is 0.174 e. The van der Waals surface area contributed by atoms with Crippen molar-refractivity contribution in [1.29, 1.82) is 0 Å². The maximum Gasteiger partial charge on any atom is 0.174 e. The predicted molar refractivity (Wildman–Crippen MR) is 130 cm³/mol. The van der Waals surface area contributed by atoms with E-state index in [0.29, 0.717) is 17.3 Å². The van der Waals surface area contributed by atoms with Gasteiger partial charge in [-0.15, -0.1) is 0 Å². The molecule has 176 valence electrons. The first-order valence-corrected chi connectivity index (χ1v) is 13.2. The molecule has 6 bridgehead atoms. The van der Waals surface area contributed by atoms with E-state index in [-0.39, 0.29) is 28.1 Å². The van der Waals surface area contributed by atoms with Crippen molar-refractivity contribution in [3.8, 4) is 0 Å². The van der Waals surface area contributed by atoms with Gasteiger partial charge in [0.2, 0.25) is 0 Å². The Hall–Kier alpha value is -0.860. The molecule has 9 aliphatic carbocycles. The van der Waals surface area contributed by atoms with Crippen LogP contribution in [-0.2, 0) is 0 Å². The molecule has 2 N–H and O–H groups in total. The van der Waals surface area contributed by atoms with Crippen molar-refractivity contribution in [2.75, 3.05) is 0 Å². The van der Waals surface area contributed by atoms with Crippen molar-refractivity contribution < 1.29 is 10.2 Å². The van der Waals surface area contributed by atoms with Crippen LogP contribution < -0.4 is 0 Å². The predicted octanol–water partition coefficient (Wildman–Crippen LogP) is 6.79. The minimum Gasteiger partial charge on any atom is -0.365 e. The van der Waals surface area contributed by atoms with E-state index in [2.05, 4.69) is 62.3 Å². The van der Waals surface area contributed by atoms with Gasteiger partial charge in [-0.1, -0.05) is 75.0 Å². The van der Waals surface area contributed by atoms with Gasteiger partial charge in [0, 0.05) is 17.3 Å². The van der Waals surface area contributed by atoms with Gasteiger partial charge >= 0.3 is 0 Å². The summed E-state index contributed by atoms with van der Waals surface area (Å²) < 4.78 is 0. The van der Waals surface area contributed by atoms with Crippen LogP contribution in [0.5, 0.6) is 0 Å². The van der Waals surface area contributed by atoms with Gasteiger partial charge in [-0.3, -0.25) is 0 Å². The molecule has 2 heteroatoms. The molecule has 0 heterocycles. The van der Waals surface area contributed by atoms with Crippen LogP contribution in [0.1, 0.15) is 94.4 Å². The molecule has 6 atom stereocenters. The first-order valence-electron chi connectivity index (χ1n) is 13.2. The molecular weight excluding hydrogens is 392 g/mol. The molecule has 9 aliphatic rings. The van der Waals surface area contributed by atoms with Crippen LogP contribution in [0.3, 0.4) is 0 Å². The fourth-order valence-corrected chi connectivity index (χ4v) is 10.4. The summed E-state index contributed by atoms with van der Waals surface area (Å²) in [6.45, 7) is 21.2. The lowest BCUT2D eigenvalue weighted by Gasteiger charge is -2.71. The maximum atomic E-state index is 12.0. The Morgan fingerprint density at radius 2 is 1.25 bits per heavy atom. The zero-order chi connectivity index (χ0) is 23.4. The van der Waals surface area contributed by atoms with E-state index in [9.17, 15) is 10.2 Å². The van der Waals surface area contributed by atoms with E-state index in [1.807, 2.05) is 0 Å². The maximum absolute atomic E-state index is 12.0. The molecule has 0 aliphatic heterocycles. The van der Waals surface area contributed by atoms with Crippen LogP contribution in [0.2, 0.25) is 0 Å². The average Bonchev–Trinajstić information content (AvgIpc) is 2.66. The van der Waals surface area contributed by atoms with Gasteiger partial charge in [-0.05, 0) is 86.9 Å². The van der Waals surface area contributed by atoms with Crippen LogP contribution in [-0.4, -0.2) is 16.0 Å². The minimum atomic E-state index is -1.63. The van der Waals surface area contributed by atoms with Crippen LogP contribution in [0.25, 0.3) is 0 Å². The standard InChI is InChI=1S/C30H44O2/c1-15-20-10-18(26(20,4)5)11-22(15)29(14-19-12-23(17(29)3)27(19,6)7)25-16(2)21-13-24(28(21,8)9)30(25,31)32/h18-19,22,24-25,31-32H,10-14H2,1-9H3. The molecule has 3 saturated carbocycles. The van der Waals surface area contributed by atoms with Crippen LogP contribution >= 0.6 is 0 Å². The molecule has 32 heavy (non-hydrogen) atoms. The topological polar surface area (TPSA) is 40.5 Å². The fraction of sp³-hybridized carbons (Fsp3) is 0.800. The van der Waals surface area contributed by atoms with E-state index in [1.54, 1.807) is 16.7 Å². The lowest BCUT2D eigenvalue weighted by molar-refractivity contribution is -0.296. The summed E-state index contributed by atoms with van der Waals surface area (Å²) in [5.74, 6) is -0.0220. The Morgan fingerprint density at radius 3 is 1.72 bits per heavy atom. The molecule has 2 nitrogen and oxygen atoms in total. The summed E-state index contributed by atoms with van der Waals surface area (Å²) in [6, 6.07) is 0. The van der Waals surface area contributed by atoms with Gasteiger partial charge in [0.25, 0.3) is 0 Å². The molecule has 0 aromatic heterocycles. The first kappa shape index (κ1) is 21.7. The Balaban J connectivity index is 1.60. The Morgan fingerprint density at radius 1 is 0.688 bits per heavy atom. The minimum absolute atomic E-state index is 0.0536. The van der Waals surface area contributed by atoms with Crippen LogP contribution in [0.15, 0.2) is 33.4 Å². The zero-order valence-electron chi connectivity index (χ0n) is 21.8. The Kier molecular flexibility index (Phi) is 3.84. The number of rotatable bonds is 2. The van der Waals surface area contributed by atoms with E-state index < -0.39 is 5.79 Å². The lowest BCUT2D eigenvalue weighted by atomic mass is 9.34. The second-order valence-corrected chi connectivity index (χ2v) is 14.4. The van der Waals surface area contributed by atoms with E-state index in [4.69, 9.17) is 0 Å². The van der Waals surface area contributed by atoms with Gasteiger partial charge in [-0.2, -0.15) is 0 Å². The summed E-state index contributed by atoms with van der Waals surface area (Å²) in [4.78, 5) is 0. The molecule has 0 saturated heterocycles. The summed E-state index contributed by atoms with van der Waals surface area (Å²) in [6.07, 6.45) is 5.68. The van der Waals surface area contributed by atoms with E-state index in [0.717, 1.165) is 18.8 Å². The van der Waals surface area contributed by atoms with Gasteiger partial charge in [0.15, 0.2) is 5.79 Å². The largest absolute Gasteiger partial charge is 0.365 e. The summed E-state index contributed by atoms with van der Waals surface area (Å²) in [7, 11) is 0. The molecule has 6 unspecified atom stereocenters. The number of hydrogen-bond acceptors (Lipinski definition) is 2. The number of hydrogen-bond donors (Lipinski definition) is 2. The first-order chi connectivity index (χ1) is 14.6. The lowest BCUT2D eigenvalue weighted by Crippen LogP contribution is -2.68. The second kappa shape index (κ2) is 5.68. The third-order valence-electron chi connectivity index (χ3n) is 12.8. The normalized spacial score (nSPS) is 46.4. The van der Waals surface area contributed by atoms with E-state index in [1.165, 1.54) is 36.0 Å². The highest BCUT2D eigenvalue weighted by atomic mass is 16.5. The molecule has 0 radical (unpaired) electrons. The highest BCUT2D eigenvalue weighted by Crippen LogP contribution is 2.76. The third-order valence-corrected chi connectivity index (χ3v) is 12.8. The van der Waals surface area contributed by atoms with Crippen LogP contribution in [0.4, 0.5) is 0 Å². The molecule has 0 aromatic rings. The average molecular weight is 437 g/mol. The van der Waals surface area contributed by atoms with Crippen LogP contribution in [0, 0.1) is 51.2 Å². The van der Waals surface area contributed by atoms with Crippen molar-refractivity contribution in [2.45, 2.75) is 100 Å². The van der Waals surface area contributed by atoms with Crippen molar-refractivity contribution >= 4 is 0 Å².